The third kappa shape index (κ3) is 2.76. The molecule has 4 nitrogen and oxygen atoms in total. The Labute approximate surface area is 90.4 Å². The summed E-state index contributed by atoms with van der Waals surface area (Å²) in [4.78, 5) is 8.39. The zero-order valence-corrected chi connectivity index (χ0v) is 9.50. The van der Waals surface area contributed by atoms with Gasteiger partial charge in [0, 0.05) is 13.7 Å². The van der Waals surface area contributed by atoms with Crippen LogP contribution in [-0.4, -0.2) is 25.4 Å². The second-order valence-corrected chi connectivity index (χ2v) is 3.25. The van der Waals surface area contributed by atoms with Gasteiger partial charge in [-0.25, -0.2) is 4.98 Å². The quantitative estimate of drug-likeness (QED) is 0.753. The van der Waals surface area contributed by atoms with Gasteiger partial charge in [0.1, 0.15) is 5.69 Å². The van der Waals surface area contributed by atoms with Crippen molar-refractivity contribution in [3.63, 3.8) is 0 Å². The van der Waals surface area contributed by atoms with E-state index in [0.717, 1.165) is 29.3 Å². The van der Waals surface area contributed by atoms with Crippen LogP contribution in [0.4, 0.5) is 11.5 Å². The maximum Gasteiger partial charge on any atom is 0.152 e. The lowest BCUT2D eigenvalue weighted by Crippen LogP contribution is -2.03. The minimum Gasteiger partial charge on any atom is -0.378 e. The molecule has 0 saturated heterocycles. The Morgan fingerprint density at radius 2 is 2.33 bits per heavy atom. The predicted molar refractivity (Wildman–Crippen MR) is 63.1 cm³/mol. The number of hydrogen-bond acceptors (Lipinski definition) is 4. The fourth-order valence-electron chi connectivity index (χ4n) is 1.45. The van der Waals surface area contributed by atoms with Crippen molar-refractivity contribution in [3.8, 4) is 0 Å². The summed E-state index contributed by atoms with van der Waals surface area (Å²) in [7, 11) is 1.66. The summed E-state index contributed by atoms with van der Waals surface area (Å²) in [5.41, 5.74) is 2.78. The molecule has 4 heteroatoms. The molecule has 1 heterocycles. The van der Waals surface area contributed by atoms with E-state index in [1.54, 1.807) is 7.11 Å². The fraction of sp³-hybridized carbons (Fsp3) is 0.455. The van der Waals surface area contributed by atoms with E-state index in [1.807, 2.05) is 19.9 Å². The number of nitrogens with zero attached hydrogens (tertiary/aromatic N) is 2. The largest absolute Gasteiger partial charge is 0.378 e. The summed E-state index contributed by atoms with van der Waals surface area (Å²) in [6.07, 6.45) is 0. The number of rotatable bonds is 5. The number of pyridine rings is 1. The lowest BCUT2D eigenvalue weighted by molar-refractivity contribution is 0.181. The number of aryl methyl sites for hydroxylation is 1. The third-order valence-corrected chi connectivity index (χ3v) is 2.03. The molecule has 1 rings (SSSR count). The molecule has 1 N–H and O–H groups in total. The maximum atomic E-state index is 5.05. The minimum absolute atomic E-state index is 0.511. The van der Waals surface area contributed by atoms with Crippen LogP contribution in [0.1, 0.15) is 18.2 Å². The molecular formula is C11H17N3O. The Morgan fingerprint density at radius 1 is 1.60 bits per heavy atom. The number of aliphatic imine (C=N–C) groups is 1. The zero-order valence-electron chi connectivity index (χ0n) is 9.50. The lowest BCUT2D eigenvalue weighted by atomic mass is 10.2. The third-order valence-electron chi connectivity index (χ3n) is 2.03. The summed E-state index contributed by atoms with van der Waals surface area (Å²) < 4.78 is 5.05. The average molecular weight is 207 g/mol. The molecule has 15 heavy (non-hydrogen) atoms. The zero-order chi connectivity index (χ0) is 11.3. The van der Waals surface area contributed by atoms with Gasteiger partial charge in [0.15, 0.2) is 5.82 Å². The molecule has 0 fully saturated rings. The molecule has 0 bridgehead atoms. The summed E-state index contributed by atoms with van der Waals surface area (Å²) in [5.74, 6) is 0.777. The van der Waals surface area contributed by atoms with Crippen LogP contribution in [-0.2, 0) is 11.3 Å². The molecule has 0 aliphatic heterocycles. The minimum atomic E-state index is 0.511. The first-order chi connectivity index (χ1) is 7.22. The standard InChI is InChI=1S/C11H17N3O/c1-5-13-11-10(12-3)8(2)6-9(14-11)7-15-4/h6H,3,5,7H2,1-2,4H3,(H,13,14). The Bertz CT molecular complexity index is 350. The van der Waals surface area contributed by atoms with Crippen molar-refractivity contribution in [1.82, 2.24) is 4.98 Å². The van der Waals surface area contributed by atoms with E-state index in [9.17, 15) is 0 Å². The van der Waals surface area contributed by atoms with Gasteiger partial charge >= 0.3 is 0 Å². The van der Waals surface area contributed by atoms with Crippen LogP contribution in [0.3, 0.4) is 0 Å². The van der Waals surface area contributed by atoms with Crippen LogP contribution in [0.2, 0.25) is 0 Å². The van der Waals surface area contributed by atoms with E-state index < -0.39 is 0 Å². The van der Waals surface area contributed by atoms with Crippen LogP contribution >= 0.6 is 0 Å². The number of anilines is 1. The van der Waals surface area contributed by atoms with E-state index in [1.165, 1.54) is 0 Å². The van der Waals surface area contributed by atoms with Crippen molar-refractivity contribution < 1.29 is 4.74 Å². The molecule has 0 aliphatic rings. The Morgan fingerprint density at radius 3 is 2.87 bits per heavy atom. The number of ether oxygens (including phenoxy) is 1. The fourth-order valence-corrected chi connectivity index (χ4v) is 1.45. The molecule has 0 unspecified atom stereocenters. The first-order valence-corrected chi connectivity index (χ1v) is 4.93. The highest BCUT2D eigenvalue weighted by atomic mass is 16.5. The SMILES string of the molecule is C=Nc1c(C)cc(COC)nc1NCC. The second-order valence-electron chi connectivity index (χ2n) is 3.25. The molecule has 1 aromatic heterocycles. The maximum absolute atomic E-state index is 5.05. The molecule has 0 saturated carbocycles. The summed E-state index contributed by atoms with van der Waals surface area (Å²) in [5, 5.41) is 3.17. The van der Waals surface area contributed by atoms with Gasteiger partial charge in [-0.3, -0.25) is 4.99 Å². The van der Waals surface area contributed by atoms with Crippen molar-refractivity contribution in [2.75, 3.05) is 19.0 Å². The second kappa shape index (κ2) is 5.46. The topological polar surface area (TPSA) is 46.5 Å². The summed E-state index contributed by atoms with van der Waals surface area (Å²) in [6.45, 7) is 8.88. The lowest BCUT2D eigenvalue weighted by Gasteiger charge is -2.11. The van der Waals surface area contributed by atoms with Gasteiger partial charge in [-0.2, -0.15) is 0 Å². The Hall–Kier alpha value is -1.42. The Kier molecular flexibility index (Phi) is 4.24. The van der Waals surface area contributed by atoms with Crippen LogP contribution in [0.15, 0.2) is 11.1 Å². The highest BCUT2D eigenvalue weighted by Gasteiger charge is 2.07. The van der Waals surface area contributed by atoms with E-state index >= 15 is 0 Å². The normalized spacial score (nSPS) is 10.1. The number of nitrogens with one attached hydrogen (secondary N) is 1. The van der Waals surface area contributed by atoms with E-state index in [4.69, 9.17) is 4.74 Å². The van der Waals surface area contributed by atoms with E-state index in [2.05, 4.69) is 22.0 Å². The van der Waals surface area contributed by atoms with Crippen molar-refractivity contribution in [2.24, 2.45) is 4.99 Å². The van der Waals surface area contributed by atoms with Gasteiger partial charge < -0.3 is 10.1 Å². The predicted octanol–water partition coefficient (Wildman–Crippen LogP) is 2.30. The first kappa shape index (κ1) is 11.7. The summed E-state index contributed by atoms with van der Waals surface area (Å²) in [6, 6.07) is 1.97. The monoisotopic (exact) mass is 207 g/mol. The van der Waals surface area contributed by atoms with E-state index in [-0.39, 0.29) is 0 Å². The number of methoxy groups -OCH3 is 1. The van der Waals surface area contributed by atoms with Crippen LogP contribution < -0.4 is 5.32 Å². The number of hydrogen-bond donors (Lipinski definition) is 1. The van der Waals surface area contributed by atoms with Gasteiger partial charge in [-0.05, 0) is 32.2 Å². The molecule has 1 aromatic rings. The highest BCUT2D eigenvalue weighted by Crippen LogP contribution is 2.27. The summed E-state index contributed by atoms with van der Waals surface area (Å²) >= 11 is 0. The molecule has 0 amide bonds. The molecule has 0 aliphatic carbocycles. The smallest absolute Gasteiger partial charge is 0.152 e. The van der Waals surface area contributed by atoms with Gasteiger partial charge in [-0.15, -0.1) is 0 Å². The molecular weight excluding hydrogens is 190 g/mol. The van der Waals surface area contributed by atoms with E-state index in [0.29, 0.717) is 6.61 Å². The molecule has 0 aromatic carbocycles. The van der Waals surface area contributed by atoms with Crippen LogP contribution in [0, 0.1) is 6.92 Å². The molecule has 0 radical (unpaired) electrons. The number of aromatic nitrogens is 1. The molecule has 0 atom stereocenters. The molecule has 0 spiro atoms. The van der Waals surface area contributed by atoms with Crippen molar-refractivity contribution in [3.05, 3.63) is 17.3 Å². The van der Waals surface area contributed by atoms with Gasteiger partial charge in [0.25, 0.3) is 0 Å². The highest BCUT2D eigenvalue weighted by molar-refractivity contribution is 5.67. The van der Waals surface area contributed by atoms with Gasteiger partial charge in [0.2, 0.25) is 0 Å². The first-order valence-electron chi connectivity index (χ1n) is 4.93. The Balaban J connectivity index is 3.12. The van der Waals surface area contributed by atoms with Crippen molar-refractivity contribution in [1.29, 1.82) is 0 Å². The molecule has 82 valence electrons. The van der Waals surface area contributed by atoms with Gasteiger partial charge in [-0.1, -0.05) is 0 Å². The van der Waals surface area contributed by atoms with Crippen LogP contribution in [0.5, 0.6) is 0 Å². The average Bonchev–Trinajstić information content (AvgIpc) is 2.18. The van der Waals surface area contributed by atoms with Crippen LogP contribution in [0.25, 0.3) is 0 Å². The van der Waals surface area contributed by atoms with Gasteiger partial charge in [0.05, 0.1) is 12.3 Å². The van der Waals surface area contributed by atoms with Crippen molar-refractivity contribution in [2.45, 2.75) is 20.5 Å². The van der Waals surface area contributed by atoms with Crippen molar-refractivity contribution >= 4 is 18.2 Å².